The van der Waals surface area contributed by atoms with Crippen LogP contribution in [0, 0.1) is 18.3 Å². The molecule has 1 aromatic rings. The second-order valence-corrected chi connectivity index (χ2v) is 6.37. The summed E-state index contributed by atoms with van der Waals surface area (Å²) in [4.78, 5) is 12.4. The molecule has 1 aliphatic carbocycles. The van der Waals surface area contributed by atoms with Gasteiger partial charge >= 0.3 is 0 Å². The Balaban J connectivity index is 2.19. The number of carbonyl (C=O) groups is 1. The number of hydrogen-bond acceptors (Lipinski definition) is 4. The molecule has 6 heteroatoms. The van der Waals surface area contributed by atoms with Crippen molar-refractivity contribution >= 4 is 23.9 Å². The quantitative estimate of drug-likeness (QED) is 0.578. The fourth-order valence-corrected chi connectivity index (χ4v) is 3.66. The lowest BCUT2D eigenvalue weighted by molar-refractivity contribution is 0.0992. The molecule has 0 saturated heterocycles. The number of primary amides is 1. The normalized spacial score (nSPS) is 25.6. The zero-order chi connectivity index (χ0) is 14.9. The Hall–Kier alpha value is -1.53. The van der Waals surface area contributed by atoms with Gasteiger partial charge in [0.1, 0.15) is 5.69 Å². The maximum Gasteiger partial charge on any atom is 0.265 e. The molecule has 5 nitrogen and oxygen atoms in total. The van der Waals surface area contributed by atoms with Crippen molar-refractivity contribution in [2.45, 2.75) is 29.5 Å². The van der Waals surface area contributed by atoms with Crippen LogP contribution in [0.15, 0.2) is 23.1 Å². The van der Waals surface area contributed by atoms with Crippen LogP contribution in [0.2, 0.25) is 0 Å². The van der Waals surface area contributed by atoms with Crippen LogP contribution in [0.5, 0.6) is 0 Å². The van der Waals surface area contributed by atoms with Crippen molar-refractivity contribution < 1.29 is 4.79 Å². The van der Waals surface area contributed by atoms with E-state index >= 15 is 0 Å². The van der Waals surface area contributed by atoms with Gasteiger partial charge in [-0.05, 0) is 19.4 Å². The minimum atomic E-state index is -0.416. The van der Waals surface area contributed by atoms with Crippen molar-refractivity contribution in [2.24, 2.45) is 24.4 Å². The second kappa shape index (κ2) is 5.85. The zero-order valence-electron chi connectivity index (χ0n) is 11.7. The van der Waals surface area contributed by atoms with Gasteiger partial charge in [0.25, 0.3) is 5.91 Å². The maximum atomic E-state index is 11.4. The van der Waals surface area contributed by atoms with Crippen molar-refractivity contribution in [1.29, 1.82) is 5.41 Å². The average Bonchev–Trinajstić information content (AvgIpc) is 2.69. The molecule has 0 saturated carbocycles. The van der Waals surface area contributed by atoms with Crippen molar-refractivity contribution in [2.75, 3.05) is 0 Å². The summed E-state index contributed by atoms with van der Waals surface area (Å²) in [6, 6.07) is 1.77. The molecule has 1 aliphatic rings. The molecular weight excluding hydrogens is 272 g/mol. The van der Waals surface area contributed by atoms with Crippen LogP contribution in [0.1, 0.15) is 22.6 Å². The third kappa shape index (κ3) is 2.81. The first-order chi connectivity index (χ1) is 9.43. The molecule has 3 atom stereocenters. The minimum absolute atomic E-state index is 0.0672. The Morgan fingerprint density at radius 2 is 2.25 bits per heavy atom. The maximum absolute atomic E-state index is 11.4. The predicted molar refractivity (Wildman–Crippen MR) is 82.3 cm³/mol. The molecule has 1 heterocycles. The van der Waals surface area contributed by atoms with Crippen LogP contribution in [0.4, 0.5) is 0 Å². The van der Waals surface area contributed by atoms with Gasteiger partial charge < -0.3 is 21.4 Å². The van der Waals surface area contributed by atoms with Crippen molar-refractivity contribution in [1.82, 2.24) is 4.57 Å². The van der Waals surface area contributed by atoms with Gasteiger partial charge in [0.15, 0.2) is 0 Å². The predicted octanol–water partition coefficient (Wildman–Crippen LogP) is 1.45. The van der Waals surface area contributed by atoms with Crippen LogP contribution >= 0.6 is 11.8 Å². The number of nitrogens with one attached hydrogen (secondary N) is 1. The number of nitrogens with zero attached hydrogens (tertiary/aromatic N) is 1. The fraction of sp³-hybridized carbons (Fsp3) is 0.429. The van der Waals surface area contributed by atoms with Crippen molar-refractivity contribution in [3.05, 3.63) is 29.6 Å². The van der Waals surface area contributed by atoms with E-state index in [1.165, 1.54) is 6.21 Å². The van der Waals surface area contributed by atoms with Crippen molar-refractivity contribution in [3.8, 4) is 0 Å². The lowest BCUT2D eigenvalue weighted by Crippen LogP contribution is -2.34. The van der Waals surface area contributed by atoms with Crippen LogP contribution in [-0.4, -0.2) is 28.0 Å². The molecule has 2 rings (SSSR count). The molecule has 108 valence electrons. The summed E-state index contributed by atoms with van der Waals surface area (Å²) in [6.45, 7) is 1.97. The first-order valence-electron chi connectivity index (χ1n) is 6.51. The largest absolute Gasteiger partial charge is 0.364 e. The molecular formula is C14H20N4OS. The Morgan fingerprint density at radius 3 is 2.80 bits per heavy atom. The fourth-order valence-electron chi connectivity index (χ4n) is 2.36. The lowest BCUT2D eigenvalue weighted by atomic mass is 9.91. The summed E-state index contributed by atoms with van der Waals surface area (Å²) >= 11 is 1.69. The van der Waals surface area contributed by atoms with Gasteiger partial charge in [0, 0.05) is 41.1 Å². The molecule has 20 heavy (non-hydrogen) atoms. The van der Waals surface area contributed by atoms with Crippen LogP contribution in [0.25, 0.3) is 0 Å². The van der Waals surface area contributed by atoms with Crippen LogP contribution in [0.3, 0.4) is 0 Å². The molecule has 0 radical (unpaired) electrons. The Labute approximate surface area is 122 Å². The van der Waals surface area contributed by atoms with E-state index in [1.807, 2.05) is 30.7 Å². The second-order valence-electron chi connectivity index (χ2n) is 5.09. The van der Waals surface area contributed by atoms with Gasteiger partial charge in [0.05, 0.1) is 0 Å². The first-order valence-corrected chi connectivity index (χ1v) is 7.39. The average molecular weight is 292 g/mol. The van der Waals surface area contributed by atoms with Crippen LogP contribution in [-0.2, 0) is 7.05 Å². The molecule has 0 aromatic carbocycles. The minimum Gasteiger partial charge on any atom is -0.364 e. The first kappa shape index (κ1) is 14.9. The Bertz CT molecular complexity index is 564. The van der Waals surface area contributed by atoms with Crippen molar-refractivity contribution in [3.63, 3.8) is 0 Å². The SMILES string of the molecule is Cc1c(SC2C=CC(N)C(C=N)C2)cc(C(N)=O)n1C. The molecule has 5 N–H and O–H groups in total. The van der Waals surface area contributed by atoms with E-state index in [9.17, 15) is 4.79 Å². The number of amides is 1. The highest BCUT2D eigenvalue weighted by Gasteiger charge is 2.24. The molecule has 1 amide bonds. The summed E-state index contributed by atoms with van der Waals surface area (Å²) in [5.41, 5.74) is 12.8. The number of hydrogen-bond donors (Lipinski definition) is 3. The number of rotatable bonds is 4. The molecule has 0 spiro atoms. The van der Waals surface area contributed by atoms with E-state index < -0.39 is 5.91 Å². The van der Waals surface area contributed by atoms with Gasteiger partial charge in [-0.2, -0.15) is 0 Å². The lowest BCUT2D eigenvalue weighted by Gasteiger charge is -2.26. The van der Waals surface area contributed by atoms with E-state index in [2.05, 4.69) is 6.08 Å². The van der Waals surface area contributed by atoms with Gasteiger partial charge in [-0.1, -0.05) is 12.2 Å². The number of nitrogens with two attached hydrogens (primary N) is 2. The molecule has 1 aromatic heterocycles. The van der Waals surface area contributed by atoms with E-state index in [-0.39, 0.29) is 17.2 Å². The van der Waals surface area contributed by atoms with Gasteiger partial charge in [-0.15, -0.1) is 11.8 Å². The summed E-state index contributed by atoms with van der Waals surface area (Å²) in [5.74, 6) is -0.335. The van der Waals surface area contributed by atoms with E-state index in [0.29, 0.717) is 5.69 Å². The summed E-state index contributed by atoms with van der Waals surface area (Å²) in [6.07, 6.45) is 6.32. The number of thioether (sulfide) groups is 1. The van der Waals surface area contributed by atoms with Gasteiger partial charge in [-0.3, -0.25) is 4.79 Å². The highest BCUT2D eigenvalue weighted by Crippen LogP contribution is 2.34. The third-order valence-electron chi connectivity index (χ3n) is 3.78. The Morgan fingerprint density at radius 1 is 1.55 bits per heavy atom. The standard InChI is InChI=1S/C14H20N4OS/c1-8-13(6-12(14(17)19)18(8)2)20-10-3-4-11(16)9(5-10)7-15/h3-4,6-7,9-11,15H,5,16H2,1-2H3,(H2,17,19). The molecule has 3 unspecified atom stereocenters. The Kier molecular flexibility index (Phi) is 4.35. The monoisotopic (exact) mass is 292 g/mol. The summed E-state index contributed by atoms with van der Waals surface area (Å²) in [5, 5.41) is 7.69. The highest BCUT2D eigenvalue weighted by molar-refractivity contribution is 8.00. The number of aromatic nitrogens is 1. The van der Waals surface area contributed by atoms with E-state index in [1.54, 1.807) is 11.8 Å². The topological polar surface area (TPSA) is 97.9 Å². The smallest absolute Gasteiger partial charge is 0.265 e. The van der Waals surface area contributed by atoms with E-state index in [4.69, 9.17) is 16.9 Å². The summed E-state index contributed by atoms with van der Waals surface area (Å²) < 4.78 is 1.82. The third-order valence-corrected chi connectivity index (χ3v) is 5.10. The molecule has 0 aliphatic heterocycles. The summed E-state index contributed by atoms with van der Waals surface area (Å²) in [7, 11) is 1.84. The highest BCUT2D eigenvalue weighted by atomic mass is 32.2. The zero-order valence-corrected chi connectivity index (χ0v) is 12.5. The van der Waals surface area contributed by atoms with Crippen LogP contribution < -0.4 is 11.5 Å². The molecule has 0 fully saturated rings. The van der Waals surface area contributed by atoms with Gasteiger partial charge in [-0.25, -0.2) is 0 Å². The van der Waals surface area contributed by atoms with Gasteiger partial charge in [0.2, 0.25) is 0 Å². The number of carbonyl (C=O) groups excluding carboxylic acids is 1. The molecule has 0 bridgehead atoms. The van der Waals surface area contributed by atoms with E-state index in [0.717, 1.165) is 17.0 Å².